The number of nitrogens with zero attached hydrogens (tertiary/aromatic N) is 3. The maximum absolute atomic E-state index is 14.2. The molecule has 3 heterocycles. The zero-order chi connectivity index (χ0) is 28.3. The molecule has 40 heavy (non-hydrogen) atoms. The number of halogens is 1. The van der Waals surface area contributed by atoms with Crippen molar-refractivity contribution in [3.63, 3.8) is 0 Å². The normalized spacial score (nSPS) is 22.6. The van der Waals surface area contributed by atoms with Crippen LogP contribution in [0.25, 0.3) is 6.08 Å². The highest BCUT2D eigenvalue weighted by Gasteiger charge is 2.65. The van der Waals surface area contributed by atoms with Crippen molar-refractivity contribution in [1.29, 1.82) is 0 Å². The second kappa shape index (κ2) is 9.60. The van der Waals surface area contributed by atoms with Crippen LogP contribution in [0.2, 0.25) is 0 Å². The molecular weight excluding hydrogens is 582 g/mol. The molecule has 2 saturated heterocycles. The van der Waals surface area contributed by atoms with E-state index in [9.17, 15) is 24.5 Å². The van der Waals surface area contributed by atoms with Crippen LogP contribution in [0.15, 0.2) is 71.3 Å². The first-order valence-corrected chi connectivity index (χ1v) is 13.2. The van der Waals surface area contributed by atoms with Crippen molar-refractivity contribution in [2.24, 2.45) is 11.8 Å². The predicted octanol–water partition coefficient (Wildman–Crippen LogP) is 4.77. The van der Waals surface area contributed by atoms with Crippen LogP contribution >= 0.6 is 15.9 Å². The Hall–Kier alpha value is -4.51. The van der Waals surface area contributed by atoms with Crippen LogP contribution in [0.3, 0.4) is 0 Å². The van der Waals surface area contributed by atoms with Gasteiger partial charge in [0, 0.05) is 23.9 Å². The van der Waals surface area contributed by atoms with Crippen LogP contribution in [0, 0.1) is 22.0 Å². The molecule has 11 heteroatoms. The topological polar surface area (TPSA) is 119 Å². The van der Waals surface area contributed by atoms with Gasteiger partial charge in [-0.3, -0.25) is 24.5 Å². The highest BCUT2D eigenvalue weighted by molar-refractivity contribution is 9.10. The van der Waals surface area contributed by atoms with Gasteiger partial charge in [-0.25, -0.2) is 4.90 Å². The van der Waals surface area contributed by atoms with Crippen LogP contribution in [-0.2, 0) is 9.59 Å². The van der Waals surface area contributed by atoms with E-state index in [0.29, 0.717) is 15.8 Å². The smallest absolute Gasteiger partial charge is 0.271 e. The fraction of sp³-hybridized carbons (Fsp3) is 0.207. The summed E-state index contributed by atoms with van der Waals surface area (Å²) < 4.78 is 11.2. The summed E-state index contributed by atoms with van der Waals surface area (Å²) in [6.45, 7) is 0. The number of hydrogen-bond acceptors (Lipinski definition) is 8. The molecule has 0 bridgehead atoms. The fourth-order valence-electron chi connectivity index (χ4n) is 6.05. The minimum Gasteiger partial charge on any atom is -0.496 e. The molecule has 0 radical (unpaired) electrons. The molecule has 0 saturated carbocycles. The first-order chi connectivity index (χ1) is 19.3. The van der Waals surface area contributed by atoms with E-state index in [0.717, 1.165) is 22.1 Å². The molecule has 3 aliphatic heterocycles. The van der Waals surface area contributed by atoms with Crippen LogP contribution in [0.1, 0.15) is 27.5 Å². The van der Waals surface area contributed by atoms with E-state index < -0.39 is 40.7 Å². The van der Waals surface area contributed by atoms with E-state index in [-0.39, 0.29) is 22.9 Å². The minimum atomic E-state index is -1.04. The molecule has 0 spiro atoms. The SMILES string of the molecule is COc1ccc(C(=O)[C@H]2[C@H]3C(=O)N(c4cc([N+](=O)[O-])ccc4OC)C(=O)[C@H]3[C@@H]3c4ccccc4C=CN23)cc1Br. The van der Waals surface area contributed by atoms with Gasteiger partial charge >= 0.3 is 0 Å². The van der Waals surface area contributed by atoms with E-state index in [1.54, 1.807) is 29.3 Å². The van der Waals surface area contributed by atoms with Crippen LogP contribution in [0.4, 0.5) is 11.4 Å². The summed E-state index contributed by atoms with van der Waals surface area (Å²) in [4.78, 5) is 56.1. The Morgan fingerprint density at radius 3 is 2.35 bits per heavy atom. The fourth-order valence-corrected chi connectivity index (χ4v) is 6.59. The Kier molecular flexibility index (Phi) is 6.18. The molecule has 6 rings (SSSR count). The van der Waals surface area contributed by atoms with E-state index in [2.05, 4.69) is 15.9 Å². The molecule has 10 nitrogen and oxygen atoms in total. The number of carbonyl (C=O) groups is 3. The van der Waals surface area contributed by atoms with Gasteiger partial charge in [0.05, 0.1) is 41.5 Å². The highest BCUT2D eigenvalue weighted by Crippen LogP contribution is 2.54. The number of amides is 2. The van der Waals surface area contributed by atoms with Crippen molar-refractivity contribution in [2.75, 3.05) is 19.1 Å². The van der Waals surface area contributed by atoms with E-state index >= 15 is 0 Å². The van der Waals surface area contributed by atoms with Crippen molar-refractivity contribution in [3.8, 4) is 11.5 Å². The average molecular weight is 604 g/mol. The second-order valence-corrected chi connectivity index (χ2v) is 10.5. The van der Waals surface area contributed by atoms with Gasteiger partial charge in [0.25, 0.3) is 5.69 Å². The van der Waals surface area contributed by atoms with Gasteiger partial charge in [-0.1, -0.05) is 24.3 Å². The number of rotatable bonds is 6. The number of non-ortho nitro benzene ring substituents is 1. The lowest BCUT2D eigenvalue weighted by Crippen LogP contribution is -2.44. The number of nitro groups is 1. The molecule has 2 fully saturated rings. The molecular formula is C29H22BrN3O7. The van der Waals surface area contributed by atoms with Crippen molar-refractivity contribution < 1.29 is 28.8 Å². The lowest BCUT2D eigenvalue weighted by molar-refractivity contribution is -0.384. The summed E-state index contributed by atoms with van der Waals surface area (Å²) in [5.41, 5.74) is 1.73. The van der Waals surface area contributed by atoms with Crippen LogP contribution in [-0.4, -0.2) is 47.7 Å². The number of ether oxygens (including phenoxy) is 2. The molecule has 0 unspecified atom stereocenters. The zero-order valence-corrected chi connectivity index (χ0v) is 22.9. The summed E-state index contributed by atoms with van der Waals surface area (Å²) >= 11 is 3.42. The van der Waals surface area contributed by atoms with Crippen molar-refractivity contribution >= 4 is 51.0 Å². The quantitative estimate of drug-likeness (QED) is 0.171. The number of nitro benzene ring substituents is 1. The Bertz CT molecular complexity index is 1640. The monoisotopic (exact) mass is 603 g/mol. The maximum Gasteiger partial charge on any atom is 0.271 e. The van der Waals surface area contributed by atoms with Crippen LogP contribution < -0.4 is 14.4 Å². The van der Waals surface area contributed by atoms with Gasteiger partial charge < -0.3 is 14.4 Å². The molecule has 3 aliphatic rings. The first-order valence-electron chi connectivity index (χ1n) is 12.4. The number of anilines is 1. The Morgan fingerprint density at radius 1 is 0.950 bits per heavy atom. The largest absolute Gasteiger partial charge is 0.496 e. The molecule has 3 aromatic carbocycles. The number of Topliss-reactive ketones (excluding diaryl/α,β-unsaturated/α-hetero) is 1. The summed E-state index contributed by atoms with van der Waals surface area (Å²) in [6, 6.07) is 14.6. The number of hydrogen-bond donors (Lipinski definition) is 0. The van der Waals surface area contributed by atoms with E-state index in [4.69, 9.17) is 9.47 Å². The molecule has 4 atom stereocenters. The standard InChI is InChI=1S/C29H22BrN3O7/c1-39-21-9-7-16(13-19(21)30)27(34)26-24-23(25-18-6-4-3-5-15(18)11-12-31(25)26)28(35)32(29(24)36)20-14-17(33(37)38)8-10-22(20)40-2/h3-14,23-26H,1-2H3/t23-,24+,25+,26-/m1/s1. The Morgan fingerprint density at radius 2 is 1.65 bits per heavy atom. The third kappa shape index (κ3) is 3.72. The van der Waals surface area contributed by atoms with Crippen molar-refractivity contribution in [3.05, 3.63) is 98.1 Å². The Balaban J connectivity index is 1.50. The van der Waals surface area contributed by atoms with Gasteiger partial charge in [-0.15, -0.1) is 0 Å². The Labute approximate surface area is 237 Å². The van der Waals surface area contributed by atoms with Gasteiger partial charge in [-0.05, 0) is 57.4 Å². The molecule has 0 aromatic heterocycles. The van der Waals surface area contributed by atoms with E-state index in [1.165, 1.54) is 26.4 Å². The average Bonchev–Trinajstić information content (AvgIpc) is 3.44. The molecule has 0 aliphatic carbocycles. The van der Waals surface area contributed by atoms with Crippen molar-refractivity contribution in [2.45, 2.75) is 12.1 Å². The second-order valence-electron chi connectivity index (χ2n) is 9.67. The number of benzene rings is 3. The minimum absolute atomic E-state index is 0.0225. The number of ketones is 1. The maximum atomic E-state index is 14.2. The molecule has 2 amide bonds. The summed E-state index contributed by atoms with van der Waals surface area (Å²) in [5, 5.41) is 11.5. The van der Waals surface area contributed by atoms with Gasteiger partial charge in [0.15, 0.2) is 5.78 Å². The van der Waals surface area contributed by atoms with Crippen LogP contribution in [0.5, 0.6) is 11.5 Å². The van der Waals surface area contributed by atoms with Gasteiger partial charge in [0.1, 0.15) is 23.2 Å². The number of carbonyl (C=O) groups excluding carboxylic acids is 3. The third-order valence-corrected chi connectivity index (χ3v) is 8.40. The summed E-state index contributed by atoms with van der Waals surface area (Å²) in [5.74, 6) is -2.75. The molecule has 202 valence electrons. The van der Waals surface area contributed by atoms with E-state index in [1.807, 2.05) is 30.3 Å². The summed E-state index contributed by atoms with van der Waals surface area (Å²) in [6.07, 6.45) is 3.64. The lowest BCUT2D eigenvalue weighted by Gasteiger charge is -2.35. The van der Waals surface area contributed by atoms with Gasteiger partial charge in [0.2, 0.25) is 11.8 Å². The van der Waals surface area contributed by atoms with Gasteiger partial charge in [-0.2, -0.15) is 0 Å². The van der Waals surface area contributed by atoms with Crippen molar-refractivity contribution in [1.82, 2.24) is 4.90 Å². The first kappa shape index (κ1) is 25.8. The number of fused-ring (bicyclic) bond motifs is 5. The number of imide groups is 1. The lowest BCUT2D eigenvalue weighted by atomic mass is 9.83. The zero-order valence-electron chi connectivity index (χ0n) is 21.3. The highest BCUT2D eigenvalue weighted by atomic mass is 79.9. The molecule has 0 N–H and O–H groups in total. The predicted molar refractivity (Wildman–Crippen MR) is 148 cm³/mol. The molecule has 3 aromatic rings. The number of methoxy groups -OCH3 is 2. The summed E-state index contributed by atoms with van der Waals surface area (Å²) in [7, 11) is 2.87. The third-order valence-electron chi connectivity index (χ3n) is 7.78.